The molecule has 6 heteroatoms. The van der Waals surface area contributed by atoms with Crippen molar-refractivity contribution in [3.05, 3.63) is 52.9 Å². The molecule has 0 saturated carbocycles. The van der Waals surface area contributed by atoms with Crippen molar-refractivity contribution in [1.82, 2.24) is 14.6 Å². The molecule has 1 aromatic carbocycles. The monoisotopic (exact) mass is 272 g/mol. The zero-order chi connectivity index (χ0) is 13.4. The number of benzene rings is 1. The van der Waals surface area contributed by atoms with Crippen molar-refractivity contribution >= 4 is 17.2 Å². The fraction of sp³-hybridized carbons (Fsp3) is 0. The van der Waals surface area contributed by atoms with Gasteiger partial charge in [-0.3, -0.25) is 4.40 Å². The third kappa shape index (κ3) is 1.92. The van der Waals surface area contributed by atoms with E-state index in [1.165, 1.54) is 12.1 Å². The van der Waals surface area contributed by atoms with Gasteiger partial charge in [0.2, 0.25) is 0 Å². The van der Waals surface area contributed by atoms with Crippen molar-refractivity contribution in [2.24, 2.45) is 0 Å². The Bertz CT molecular complexity index is 819. The van der Waals surface area contributed by atoms with Gasteiger partial charge in [-0.05, 0) is 24.3 Å². The lowest BCUT2D eigenvalue weighted by Crippen LogP contribution is -1.90. The van der Waals surface area contributed by atoms with Crippen molar-refractivity contribution in [2.75, 3.05) is 0 Å². The Morgan fingerprint density at radius 1 is 1.21 bits per heavy atom. The van der Waals surface area contributed by atoms with E-state index in [1.807, 2.05) is 6.07 Å². The van der Waals surface area contributed by atoms with Gasteiger partial charge in [0.25, 0.3) is 0 Å². The molecule has 4 nitrogen and oxygen atoms in total. The lowest BCUT2D eigenvalue weighted by atomic mass is 10.2. The Morgan fingerprint density at radius 3 is 2.79 bits per heavy atom. The van der Waals surface area contributed by atoms with E-state index in [0.29, 0.717) is 22.6 Å². The molecule has 0 unspecified atom stereocenters. The minimum atomic E-state index is -0.510. The van der Waals surface area contributed by atoms with Crippen LogP contribution in [0.15, 0.2) is 36.5 Å². The normalized spacial score (nSPS) is 10.6. The predicted octanol–water partition coefficient (Wildman–Crippen LogP) is 3.06. The minimum Gasteiger partial charge on any atom is -0.282 e. The Labute approximate surface area is 112 Å². The topological polar surface area (TPSA) is 54.0 Å². The third-order valence-electron chi connectivity index (χ3n) is 2.72. The molecule has 0 aliphatic heterocycles. The highest BCUT2D eigenvalue weighted by molar-refractivity contribution is 6.30. The Hall–Kier alpha value is -2.45. The molecule has 0 amide bonds. The fourth-order valence-electron chi connectivity index (χ4n) is 1.79. The van der Waals surface area contributed by atoms with Gasteiger partial charge in [-0.25, -0.2) is 4.39 Å². The molecule has 0 aliphatic carbocycles. The van der Waals surface area contributed by atoms with Crippen molar-refractivity contribution in [2.45, 2.75) is 0 Å². The van der Waals surface area contributed by atoms with Crippen LogP contribution in [-0.2, 0) is 0 Å². The van der Waals surface area contributed by atoms with E-state index in [-0.39, 0.29) is 5.02 Å². The fourth-order valence-corrected chi connectivity index (χ4v) is 1.91. The summed E-state index contributed by atoms with van der Waals surface area (Å²) in [7, 11) is 0. The van der Waals surface area contributed by atoms with Gasteiger partial charge in [0, 0.05) is 17.8 Å². The summed E-state index contributed by atoms with van der Waals surface area (Å²) < 4.78 is 15.1. The van der Waals surface area contributed by atoms with Gasteiger partial charge in [-0.1, -0.05) is 11.6 Å². The van der Waals surface area contributed by atoms with E-state index in [0.717, 1.165) is 0 Å². The number of nitriles is 1. The molecule has 19 heavy (non-hydrogen) atoms. The molecule has 3 rings (SSSR count). The molecule has 0 atom stereocenters. The Morgan fingerprint density at radius 2 is 2.05 bits per heavy atom. The van der Waals surface area contributed by atoms with E-state index < -0.39 is 5.82 Å². The maximum absolute atomic E-state index is 13.5. The molecular formula is C13H6ClFN4. The summed E-state index contributed by atoms with van der Waals surface area (Å²) >= 11 is 5.65. The van der Waals surface area contributed by atoms with Gasteiger partial charge in [0.05, 0.1) is 16.7 Å². The first-order valence-electron chi connectivity index (χ1n) is 5.39. The van der Waals surface area contributed by atoms with Crippen LogP contribution in [0.3, 0.4) is 0 Å². The summed E-state index contributed by atoms with van der Waals surface area (Å²) in [5.74, 6) is -0.0142. The van der Waals surface area contributed by atoms with Gasteiger partial charge in [-0.15, -0.1) is 10.2 Å². The molecule has 2 heterocycles. The van der Waals surface area contributed by atoms with E-state index in [2.05, 4.69) is 10.2 Å². The van der Waals surface area contributed by atoms with Crippen molar-refractivity contribution in [1.29, 1.82) is 5.26 Å². The largest absolute Gasteiger partial charge is 0.282 e. The lowest BCUT2D eigenvalue weighted by molar-refractivity contribution is 0.628. The van der Waals surface area contributed by atoms with Gasteiger partial charge in [0.1, 0.15) is 5.82 Å². The average Bonchev–Trinajstić information content (AvgIpc) is 2.84. The van der Waals surface area contributed by atoms with Crippen LogP contribution < -0.4 is 0 Å². The Balaban J connectivity index is 2.20. The molecule has 92 valence electrons. The van der Waals surface area contributed by atoms with Gasteiger partial charge >= 0.3 is 0 Å². The Kier molecular flexibility index (Phi) is 2.65. The van der Waals surface area contributed by atoms with E-state index >= 15 is 0 Å². The van der Waals surface area contributed by atoms with Crippen molar-refractivity contribution < 1.29 is 4.39 Å². The molecule has 0 N–H and O–H groups in total. The number of rotatable bonds is 1. The zero-order valence-corrected chi connectivity index (χ0v) is 10.3. The third-order valence-corrected chi connectivity index (χ3v) is 3.02. The highest BCUT2D eigenvalue weighted by Gasteiger charge is 2.10. The van der Waals surface area contributed by atoms with Gasteiger partial charge < -0.3 is 0 Å². The molecule has 0 aliphatic rings. The number of fused-ring (bicyclic) bond motifs is 1. The van der Waals surface area contributed by atoms with Gasteiger partial charge in [0.15, 0.2) is 11.5 Å². The maximum Gasteiger partial charge on any atom is 0.168 e. The smallest absolute Gasteiger partial charge is 0.168 e. The van der Waals surface area contributed by atoms with E-state index in [9.17, 15) is 4.39 Å². The maximum atomic E-state index is 13.5. The zero-order valence-electron chi connectivity index (χ0n) is 9.51. The summed E-state index contributed by atoms with van der Waals surface area (Å²) in [5, 5.41) is 16.8. The van der Waals surface area contributed by atoms with Crippen LogP contribution in [0.4, 0.5) is 4.39 Å². The first-order valence-corrected chi connectivity index (χ1v) is 5.77. The van der Waals surface area contributed by atoms with Crippen molar-refractivity contribution in [3.63, 3.8) is 0 Å². The quantitative estimate of drug-likeness (QED) is 0.684. The van der Waals surface area contributed by atoms with Crippen LogP contribution in [0.25, 0.3) is 17.0 Å². The van der Waals surface area contributed by atoms with E-state index in [4.69, 9.17) is 16.9 Å². The second-order valence-corrected chi connectivity index (χ2v) is 4.32. The minimum absolute atomic E-state index is 0.0596. The lowest BCUT2D eigenvalue weighted by Gasteiger charge is -2.01. The molecule has 0 bridgehead atoms. The van der Waals surface area contributed by atoms with Crippen LogP contribution >= 0.6 is 11.6 Å². The molecule has 3 aromatic rings. The second-order valence-electron chi connectivity index (χ2n) is 3.91. The number of pyridine rings is 1. The van der Waals surface area contributed by atoms with Crippen LogP contribution in [0.2, 0.25) is 5.02 Å². The molecular weight excluding hydrogens is 267 g/mol. The van der Waals surface area contributed by atoms with Crippen LogP contribution in [0, 0.1) is 17.1 Å². The molecule has 2 aromatic heterocycles. The number of hydrogen-bond acceptors (Lipinski definition) is 3. The first-order chi connectivity index (χ1) is 9.19. The van der Waals surface area contributed by atoms with Crippen LogP contribution in [0.1, 0.15) is 5.56 Å². The molecule has 0 radical (unpaired) electrons. The molecule has 0 spiro atoms. The van der Waals surface area contributed by atoms with Crippen LogP contribution in [0.5, 0.6) is 0 Å². The number of aromatic nitrogens is 3. The summed E-state index contributed by atoms with van der Waals surface area (Å²) in [5.41, 5.74) is 1.59. The summed E-state index contributed by atoms with van der Waals surface area (Å²) in [6.45, 7) is 0. The highest BCUT2D eigenvalue weighted by atomic mass is 35.5. The number of nitrogens with zero attached hydrogens (tertiary/aromatic N) is 4. The number of halogens is 2. The van der Waals surface area contributed by atoms with E-state index in [1.54, 1.807) is 28.8 Å². The van der Waals surface area contributed by atoms with Gasteiger partial charge in [-0.2, -0.15) is 5.26 Å². The summed E-state index contributed by atoms with van der Waals surface area (Å²) in [6.07, 6.45) is 1.68. The first kappa shape index (κ1) is 11.6. The summed E-state index contributed by atoms with van der Waals surface area (Å²) in [4.78, 5) is 0. The SMILES string of the molecule is N#Cc1ccn2c(-c3ccc(Cl)c(F)c3)nnc2c1. The predicted molar refractivity (Wildman–Crippen MR) is 68.1 cm³/mol. The molecule has 0 saturated heterocycles. The molecule has 0 fully saturated rings. The standard InChI is InChI=1S/C13H6ClFN4/c14-10-2-1-9(6-11(10)15)13-18-17-12-5-8(7-16)3-4-19(12)13/h1-6H. The average molecular weight is 273 g/mol. The second kappa shape index (κ2) is 4.34. The summed E-state index contributed by atoms with van der Waals surface area (Å²) in [6, 6.07) is 9.72. The number of hydrogen-bond donors (Lipinski definition) is 0. The van der Waals surface area contributed by atoms with Crippen molar-refractivity contribution in [3.8, 4) is 17.5 Å². The highest BCUT2D eigenvalue weighted by Crippen LogP contribution is 2.23. The van der Waals surface area contributed by atoms with Crippen LogP contribution in [-0.4, -0.2) is 14.6 Å².